The molecule has 1 fully saturated rings. The van der Waals surface area contributed by atoms with Crippen LogP contribution in [0.2, 0.25) is 0 Å². The van der Waals surface area contributed by atoms with Crippen LogP contribution in [0.1, 0.15) is 15.5 Å². The predicted molar refractivity (Wildman–Crippen MR) is 79.4 cm³/mol. The molecule has 1 atom stereocenters. The lowest BCUT2D eigenvalue weighted by atomic mass is 10.2. The molecule has 0 radical (unpaired) electrons. The van der Waals surface area contributed by atoms with Crippen molar-refractivity contribution in [2.45, 2.75) is 13.0 Å². The van der Waals surface area contributed by atoms with Crippen molar-refractivity contribution in [1.82, 2.24) is 14.9 Å². The van der Waals surface area contributed by atoms with Crippen molar-refractivity contribution < 1.29 is 14.6 Å². The molecule has 7 heteroatoms. The SMILES string of the molecule is Cc1nc(-c2c[nH]c(C(=O)N3CCOCC3CO)c2)cs1. The number of nitrogens with zero attached hydrogens (tertiary/aromatic N) is 2. The molecule has 0 aromatic carbocycles. The van der Waals surface area contributed by atoms with E-state index in [1.165, 1.54) is 0 Å². The van der Waals surface area contributed by atoms with Crippen molar-refractivity contribution in [3.05, 3.63) is 28.3 Å². The fourth-order valence-electron chi connectivity index (χ4n) is 2.39. The van der Waals surface area contributed by atoms with Crippen LogP contribution in [0.15, 0.2) is 17.6 Å². The number of aromatic nitrogens is 2. The van der Waals surface area contributed by atoms with Crippen molar-refractivity contribution in [2.24, 2.45) is 0 Å². The smallest absolute Gasteiger partial charge is 0.270 e. The van der Waals surface area contributed by atoms with E-state index in [1.54, 1.807) is 28.5 Å². The third-order valence-electron chi connectivity index (χ3n) is 3.53. The number of H-pyrrole nitrogens is 1. The van der Waals surface area contributed by atoms with Gasteiger partial charge in [-0.15, -0.1) is 11.3 Å². The number of rotatable bonds is 3. The maximum atomic E-state index is 12.5. The minimum Gasteiger partial charge on any atom is -0.394 e. The first-order valence-electron chi connectivity index (χ1n) is 6.79. The number of thiazole rings is 1. The molecule has 1 unspecified atom stereocenters. The van der Waals surface area contributed by atoms with Gasteiger partial charge in [0.1, 0.15) is 5.69 Å². The second-order valence-electron chi connectivity index (χ2n) is 4.96. The highest BCUT2D eigenvalue weighted by molar-refractivity contribution is 7.09. The zero-order valence-electron chi connectivity index (χ0n) is 11.7. The lowest BCUT2D eigenvalue weighted by molar-refractivity contribution is -0.0186. The second kappa shape index (κ2) is 5.97. The number of aromatic amines is 1. The Morgan fingerprint density at radius 3 is 3.24 bits per heavy atom. The van der Waals surface area contributed by atoms with E-state index in [0.717, 1.165) is 16.3 Å². The Bertz CT molecular complexity index is 637. The van der Waals surface area contributed by atoms with Crippen LogP contribution in [0.5, 0.6) is 0 Å². The molecule has 0 aliphatic carbocycles. The molecule has 3 heterocycles. The zero-order valence-corrected chi connectivity index (χ0v) is 12.5. The van der Waals surface area contributed by atoms with E-state index in [-0.39, 0.29) is 18.6 Å². The van der Waals surface area contributed by atoms with Crippen molar-refractivity contribution in [1.29, 1.82) is 0 Å². The van der Waals surface area contributed by atoms with Gasteiger partial charge in [0.05, 0.1) is 36.6 Å². The normalized spacial score (nSPS) is 19.0. The van der Waals surface area contributed by atoms with E-state index in [2.05, 4.69) is 9.97 Å². The van der Waals surface area contributed by atoms with Gasteiger partial charge in [0, 0.05) is 23.7 Å². The number of morpholine rings is 1. The number of hydrogen-bond acceptors (Lipinski definition) is 5. The van der Waals surface area contributed by atoms with Gasteiger partial charge in [-0.3, -0.25) is 4.79 Å². The summed E-state index contributed by atoms with van der Waals surface area (Å²) < 4.78 is 5.29. The highest BCUT2D eigenvalue weighted by atomic mass is 32.1. The van der Waals surface area contributed by atoms with Crippen LogP contribution >= 0.6 is 11.3 Å². The summed E-state index contributed by atoms with van der Waals surface area (Å²) in [7, 11) is 0. The number of aryl methyl sites for hydroxylation is 1. The van der Waals surface area contributed by atoms with Crippen LogP contribution in [-0.4, -0.2) is 58.3 Å². The average molecular weight is 307 g/mol. The van der Waals surface area contributed by atoms with Crippen molar-refractivity contribution in [3.8, 4) is 11.3 Å². The molecule has 2 N–H and O–H groups in total. The zero-order chi connectivity index (χ0) is 14.8. The van der Waals surface area contributed by atoms with Crippen LogP contribution in [-0.2, 0) is 4.74 Å². The van der Waals surface area contributed by atoms with Gasteiger partial charge in [0.15, 0.2) is 0 Å². The Balaban J connectivity index is 1.80. The Kier molecular flexibility index (Phi) is 4.05. The number of carbonyl (C=O) groups excluding carboxylic acids is 1. The summed E-state index contributed by atoms with van der Waals surface area (Å²) in [5, 5.41) is 12.3. The summed E-state index contributed by atoms with van der Waals surface area (Å²) in [5.74, 6) is -0.115. The van der Waals surface area contributed by atoms with E-state index in [9.17, 15) is 9.90 Å². The Hall–Kier alpha value is -1.70. The molecule has 0 spiro atoms. The molecule has 1 amide bonds. The van der Waals surface area contributed by atoms with Gasteiger partial charge in [-0.05, 0) is 13.0 Å². The maximum Gasteiger partial charge on any atom is 0.270 e. The molecule has 21 heavy (non-hydrogen) atoms. The number of nitrogens with one attached hydrogen (secondary N) is 1. The van der Waals surface area contributed by atoms with Gasteiger partial charge < -0.3 is 19.7 Å². The summed E-state index contributed by atoms with van der Waals surface area (Å²) in [5.41, 5.74) is 2.28. The number of amides is 1. The number of carbonyl (C=O) groups is 1. The molecular weight excluding hydrogens is 290 g/mol. The fraction of sp³-hybridized carbons (Fsp3) is 0.429. The van der Waals surface area contributed by atoms with Crippen LogP contribution in [0.25, 0.3) is 11.3 Å². The van der Waals surface area contributed by atoms with E-state index < -0.39 is 0 Å². The van der Waals surface area contributed by atoms with Crippen molar-refractivity contribution in [3.63, 3.8) is 0 Å². The van der Waals surface area contributed by atoms with E-state index in [0.29, 0.717) is 25.5 Å². The molecular formula is C14H17N3O3S. The topological polar surface area (TPSA) is 78.5 Å². The molecule has 2 aromatic heterocycles. The Labute approximate surface area is 126 Å². The van der Waals surface area contributed by atoms with Gasteiger partial charge in [-0.1, -0.05) is 0 Å². The van der Waals surface area contributed by atoms with Gasteiger partial charge in [0.25, 0.3) is 5.91 Å². The van der Waals surface area contributed by atoms with E-state index in [4.69, 9.17) is 4.74 Å². The number of aliphatic hydroxyl groups excluding tert-OH is 1. The van der Waals surface area contributed by atoms with Gasteiger partial charge >= 0.3 is 0 Å². The van der Waals surface area contributed by atoms with Crippen molar-refractivity contribution in [2.75, 3.05) is 26.4 Å². The minimum atomic E-state index is -0.278. The third kappa shape index (κ3) is 2.85. The monoisotopic (exact) mass is 307 g/mol. The average Bonchev–Trinajstić information content (AvgIpc) is 3.15. The number of hydrogen-bond donors (Lipinski definition) is 2. The first kappa shape index (κ1) is 14.2. The molecule has 6 nitrogen and oxygen atoms in total. The summed E-state index contributed by atoms with van der Waals surface area (Å²) in [6.07, 6.45) is 1.79. The predicted octanol–water partition coefficient (Wildman–Crippen LogP) is 1.28. The Morgan fingerprint density at radius 2 is 2.52 bits per heavy atom. The first-order valence-corrected chi connectivity index (χ1v) is 7.67. The molecule has 1 aliphatic heterocycles. The molecule has 1 saturated heterocycles. The lowest BCUT2D eigenvalue weighted by Gasteiger charge is -2.34. The highest BCUT2D eigenvalue weighted by Gasteiger charge is 2.28. The largest absolute Gasteiger partial charge is 0.394 e. The molecule has 3 rings (SSSR count). The minimum absolute atomic E-state index is 0.0927. The maximum absolute atomic E-state index is 12.5. The van der Waals surface area contributed by atoms with Gasteiger partial charge in [0.2, 0.25) is 0 Å². The van der Waals surface area contributed by atoms with Crippen LogP contribution in [0.4, 0.5) is 0 Å². The van der Waals surface area contributed by atoms with Crippen LogP contribution in [0, 0.1) is 6.92 Å². The summed E-state index contributed by atoms with van der Waals surface area (Å²) in [4.78, 5) is 21.6. The van der Waals surface area contributed by atoms with E-state index >= 15 is 0 Å². The van der Waals surface area contributed by atoms with Crippen molar-refractivity contribution >= 4 is 17.2 Å². The fourth-order valence-corrected chi connectivity index (χ4v) is 3.01. The summed E-state index contributed by atoms with van der Waals surface area (Å²) in [6, 6.07) is 1.53. The molecule has 2 aromatic rings. The number of aliphatic hydroxyl groups is 1. The van der Waals surface area contributed by atoms with Gasteiger partial charge in [-0.25, -0.2) is 4.98 Å². The van der Waals surface area contributed by atoms with Gasteiger partial charge in [-0.2, -0.15) is 0 Å². The third-order valence-corrected chi connectivity index (χ3v) is 4.30. The Morgan fingerprint density at radius 1 is 1.67 bits per heavy atom. The lowest BCUT2D eigenvalue weighted by Crippen LogP contribution is -2.50. The molecule has 0 bridgehead atoms. The number of ether oxygens (including phenoxy) is 1. The molecule has 112 valence electrons. The highest BCUT2D eigenvalue weighted by Crippen LogP contribution is 2.23. The molecule has 1 aliphatic rings. The second-order valence-corrected chi connectivity index (χ2v) is 6.03. The van der Waals surface area contributed by atoms with Crippen LogP contribution < -0.4 is 0 Å². The summed E-state index contributed by atoms with van der Waals surface area (Å²) in [6.45, 7) is 3.23. The van der Waals surface area contributed by atoms with Crippen LogP contribution in [0.3, 0.4) is 0 Å². The summed E-state index contributed by atoms with van der Waals surface area (Å²) >= 11 is 1.58. The first-order chi connectivity index (χ1) is 10.2. The van der Waals surface area contributed by atoms with E-state index in [1.807, 2.05) is 12.3 Å². The molecule has 0 saturated carbocycles. The quantitative estimate of drug-likeness (QED) is 0.895. The standard InChI is InChI=1S/C14H17N3O3S/c1-9-16-13(8-21-9)10-4-12(15-5-10)14(19)17-2-3-20-7-11(17)6-18/h4-5,8,11,15,18H,2-3,6-7H2,1H3.